The predicted octanol–water partition coefficient (Wildman–Crippen LogP) is 2.46. The summed E-state index contributed by atoms with van der Waals surface area (Å²) in [6.45, 7) is 0. The van der Waals surface area contributed by atoms with Crippen molar-refractivity contribution in [2.75, 3.05) is 0 Å². The van der Waals surface area contributed by atoms with Gasteiger partial charge in [0, 0.05) is 0 Å². The topological polar surface area (TPSA) is 67.8 Å². The van der Waals surface area contributed by atoms with E-state index in [0.29, 0.717) is 5.57 Å². The third-order valence-electron chi connectivity index (χ3n) is 2.78. The molecule has 17 heavy (non-hydrogen) atoms. The lowest BCUT2D eigenvalue weighted by Crippen LogP contribution is -2.01. The molecule has 1 aliphatic heterocycles. The van der Waals surface area contributed by atoms with E-state index in [-0.39, 0.29) is 11.7 Å². The fraction of sp³-hybridized carbons (Fsp3) is 0. The molecule has 0 saturated heterocycles. The summed E-state index contributed by atoms with van der Waals surface area (Å²) in [6.07, 6.45) is 0. The normalized spacial score (nSPS) is 14.9. The molecule has 4 heteroatoms. The summed E-state index contributed by atoms with van der Waals surface area (Å²) < 4.78 is 0. The number of hydrogen-bond acceptors (Lipinski definition) is 3. The summed E-state index contributed by atoms with van der Waals surface area (Å²) in [4.78, 5) is 11.6. The molecule has 1 heterocycles. The number of azo groups is 1. The highest BCUT2D eigenvalue weighted by Gasteiger charge is 2.22. The SMILES string of the molecule is NC1=C(c2cccc3ccccc23)C(=O)N=N1. The number of fused-ring (bicyclic) bond motifs is 1. The fourth-order valence-electron chi connectivity index (χ4n) is 2.01. The van der Waals surface area contributed by atoms with Crippen LogP contribution in [0.25, 0.3) is 16.3 Å². The number of rotatable bonds is 1. The Balaban J connectivity index is 2.33. The van der Waals surface area contributed by atoms with E-state index in [9.17, 15) is 4.79 Å². The van der Waals surface area contributed by atoms with E-state index in [1.807, 2.05) is 42.5 Å². The molecule has 2 aromatic rings. The molecule has 2 aromatic carbocycles. The van der Waals surface area contributed by atoms with Crippen molar-refractivity contribution in [2.24, 2.45) is 16.0 Å². The van der Waals surface area contributed by atoms with Gasteiger partial charge in [0.25, 0.3) is 5.91 Å². The molecule has 0 fully saturated rings. The predicted molar refractivity (Wildman–Crippen MR) is 64.9 cm³/mol. The van der Waals surface area contributed by atoms with Crippen molar-refractivity contribution in [2.45, 2.75) is 0 Å². The number of hydrogen-bond donors (Lipinski definition) is 1. The van der Waals surface area contributed by atoms with Crippen molar-refractivity contribution < 1.29 is 4.79 Å². The summed E-state index contributed by atoms with van der Waals surface area (Å²) in [7, 11) is 0. The zero-order valence-corrected chi connectivity index (χ0v) is 8.92. The summed E-state index contributed by atoms with van der Waals surface area (Å²) >= 11 is 0. The molecule has 4 nitrogen and oxygen atoms in total. The number of carbonyl (C=O) groups is 1. The minimum absolute atomic E-state index is 0.186. The number of nitrogens with zero attached hydrogens (tertiary/aromatic N) is 2. The van der Waals surface area contributed by atoms with Crippen LogP contribution in [-0.4, -0.2) is 5.91 Å². The van der Waals surface area contributed by atoms with Crippen molar-refractivity contribution in [3.63, 3.8) is 0 Å². The van der Waals surface area contributed by atoms with E-state index < -0.39 is 0 Å². The van der Waals surface area contributed by atoms with Crippen LogP contribution in [0.1, 0.15) is 5.56 Å². The van der Waals surface area contributed by atoms with Gasteiger partial charge < -0.3 is 5.73 Å². The van der Waals surface area contributed by atoms with Crippen molar-refractivity contribution >= 4 is 22.3 Å². The number of nitrogens with two attached hydrogens (primary N) is 1. The van der Waals surface area contributed by atoms with Gasteiger partial charge >= 0.3 is 0 Å². The Morgan fingerprint density at radius 2 is 1.71 bits per heavy atom. The molecule has 82 valence electrons. The van der Waals surface area contributed by atoms with Crippen molar-refractivity contribution in [3.05, 3.63) is 53.8 Å². The average molecular weight is 223 g/mol. The molecular weight excluding hydrogens is 214 g/mol. The maximum atomic E-state index is 11.6. The number of benzene rings is 2. The lowest BCUT2D eigenvalue weighted by atomic mass is 9.98. The monoisotopic (exact) mass is 223 g/mol. The largest absolute Gasteiger partial charge is 0.382 e. The molecule has 0 bridgehead atoms. The lowest BCUT2D eigenvalue weighted by molar-refractivity contribution is -0.112. The van der Waals surface area contributed by atoms with E-state index in [0.717, 1.165) is 16.3 Å². The summed E-state index contributed by atoms with van der Waals surface area (Å²) in [5.74, 6) is -0.190. The minimum Gasteiger partial charge on any atom is -0.382 e. The van der Waals surface area contributed by atoms with E-state index in [1.54, 1.807) is 0 Å². The smallest absolute Gasteiger partial charge is 0.299 e. The van der Waals surface area contributed by atoms with Gasteiger partial charge in [0.1, 0.15) is 0 Å². The molecule has 0 aliphatic carbocycles. The molecule has 0 unspecified atom stereocenters. The first-order valence-corrected chi connectivity index (χ1v) is 5.21. The molecule has 2 N–H and O–H groups in total. The molecule has 1 aliphatic rings. The summed E-state index contributed by atoms with van der Waals surface area (Å²) in [5, 5.41) is 9.12. The Hall–Kier alpha value is -2.49. The van der Waals surface area contributed by atoms with Crippen LogP contribution in [-0.2, 0) is 4.79 Å². The Kier molecular flexibility index (Phi) is 2.01. The number of carbonyl (C=O) groups excluding carboxylic acids is 1. The first kappa shape index (κ1) is 9.72. The Morgan fingerprint density at radius 3 is 2.47 bits per heavy atom. The molecule has 1 amide bonds. The van der Waals surface area contributed by atoms with Gasteiger partial charge in [0.2, 0.25) is 0 Å². The third kappa shape index (κ3) is 1.42. The zero-order valence-electron chi connectivity index (χ0n) is 8.92. The zero-order chi connectivity index (χ0) is 11.8. The van der Waals surface area contributed by atoms with Crippen LogP contribution in [0.3, 0.4) is 0 Å². The van der Waals surface area contributed by atoms with E-state index in [2.05, 4.69) is 10.2 Å². The van der Waals surface area contributed by atoms with Crippen LogP contribution in [0, 0.1) is 0 Å². The first-order chi connectivity index (χ1) is 8.27. The van der Waals surface area contributed by atoms with E-state index >= 15 is 0 Å². The highest BCUT2D eigenvalue weighted by Crippen LogP contribution is 2.29. The third-order valence-corrected chi connectivity index (χ3v) is 2.78. The van der Waals surface area contributed by atoms with Gasteiger partial charge in [0.15, 0.2) is 5.82 Å². The van der Waals surface area contributed by atoms with Crippen molar-refractivity contribution in [1.82, 2.24) is 0 Å². The van der Waals surface area contributed by atoms with E-state index in [4.69, 9.17) is 5.73 Å². The molecule has 0 aromatic heterocycles. The molecule has 0 atom stereocenters. The van der Waals surface area contributed by atoms with Gasteiger partial charge in [-0.25, -0.2) is 0 Å². The van der Waals surface area contributed by atoms with Gasteiger partial charge in [-0.3, -0.25) is 4.79 Å². The molecular formula is C13H9N3O. The standard InChI is InChI=1S/C13H9N3O/c14-12-11(13(17)16-15-12)10-7-3-5-8-4-1-2-6-9(8)10/h1-7H,14H2. The maximum Gasteiger partial charge on any atom is 0.299 e. The molecule has 0 saturated carbocycles. The molecule has 0 spiro atoms. The van der Waals surface area contributed by atoms with Crippen LogP contribution >= 0.6 is 0 Å². The van der Waals surface area contributed by atoms with Crippen LogP contribution < -0.4 is 5.73 Å². The molecule has 0 radical (unpaired) electrons. The number of amides is 1. The fourth-order valence-corrected chi connectivity index (χ4v) is 2.01. The van der Waals surface area contributed by atoms with Gasteiger partial charge in [-0.2, -0.15) is 0 Å². The van der Waals surface area contributed by atoms with Crippen LogP contribution in [0.15, 0.2) is 58.5 Å². The maximum absolute atomic E-state index is 11.6. The lowest BCUT2D eigenvalue weighted by Gasteiger charge is -2.05. The quantitative estimate of drug-likeness (QED) is 0.806. The second kappa shape index (κ2) is 3.52. The van der Waals surface area contributed by atoms with E-state index in [1.165, 1.54) is 0 Å². The highest BCUT2D eigenvalue weighted by atomic mass is 16.2. The summed E-state index contributed by atoms with van der Waals surface area (Å²) in [5.41, 5.74) is 6.87. The van der Waals surface area contributed by atoms with Crippen molar-refractivity contribution in [1.29, 1.82) is 0 Å². The average Bonchev–Trinajstić information content (AvgIpc) is 2.69. The van der Waals surface area contributed by atoms with Gasteiger partial charge in [-0.15, -0.1) is 10.2 Å². The van der Waals surface area contributed by atoms with Crippen LogP contribution in [0.2, 0.25) is 0 Å². The second-order valence-electron chi connectivity index (χ2n) is 3.79. The second-order valence-corrected chi connectivity index (χ2v) is 3.79. The minimum atomic E-state index is -0.376. The van der Waals surface area contributed by atoms with Gasteiger partial charge in [-0.05, 0) is 16.3 Å². The van der Waals surface area contributed by atoms with Crippen LogP contribution in [0.5, 0.6) is 0 Å². The van der Waals surface area contributed by atoms with Crippen molar-refractivity contribution in [3.8, 4) is 0 Å². The Bertz CT molecular complexity index is 681. The van der Waals surface area contributed by atoms with Gasteiger partial charge in [-0.1, -0.05) is 42.5 Å². The van der Waals surface area contributed by atoms with Crippen LogP contribution in [0.4, 0.5) is 0 Å². The Labute approximate surface area is 97.5 Å². The Morgan fingerprint density at radius 1 is 0.941 bits per heavy atom. The first-order valence-electron chi connectivity index (χ1n) is 5.21. The molecule has 3 rings (SSSR count). The highest BCUT2D eigenvalue weighted by molar-refractivity contribution is 6.24. The van der Waals surface area contributed by atoms with Gasteiger partial charge in [0.05, 0.1) is 5.57 Å². The summed E-state index contributed by atoms with van der Waals surface area (Å²) in [6, 6.07) is 13.6.